The van der Waals surface area contributed by atoms with Gasteiger partial charge < -0.3 is 4.74 Å². The molecule has 1 atom stereocenters. The van der Waals surface area contributed by atoms with Gasteiger partial charge in [-0.05, 0) is 44.2 Å². The number of ketones is 1. The highest BCUT2D eigenvalue weighted by Gasteiger charge is 2.44. The van der Waals surface area contributed by atoms with Crippen LogP contribution < -0.4 is 0 Å². The van der Waals surface area contributed by atoms with E-state index in [4.69, 9.17) is 4.74 Å². The number of benzene rings is 1. The minimum atomic E-state index is 0.00935. The van der Waals surface area contributed by atoms with Crippen LogP contribution in [0, 0.1) is 5.92 Å². The van der Waals surface area contributed by atoms with Crippen molar-refractivity contribution in [3.8, 4) is 0 Å². The van der Waals surface area contributed by atoms with E-state index < -0.39 is 0 Å². The van der Waals surface area contributed by atoms with Gasteiger partial charge in [-0.25, -0.2) is 4.98 Å². The third-order valence-electron chi connectivity index (χ3n) is 4.98. The van der Waals surface area contributed by atoms with Gasteiger partial charge in [0.15, 0.2) is 5.78 Å². The summed E-state index contributed by atoms with van der Waals surface area (Å²) in [6, 6.07) is 11.8. The van der Waals surface area contributed by atoms with Gasteiger partial charge in [0.05, 0.1) is 11.1 Å². The highest BCUT2D eigenvalue weighted by Crippen LogP contribution is 2.44. The minimum absolute atomic E-state index is 0.00935. The number of pyridine rings is 1. The van der Waals surface area contributed by atoms with Crippen molar-refractivity contribution in [3.05, 3.63) is 42.1 Å². The molecule has 1 saturated heterocycles. The molecule has 1 spiro atoms. The lowest BCUT2D eigenvalue weighted by Crippen LogP contribution is -2.47. The van der Waals surface area contributed by atoms with E-state index in [1.54, 1.807) is 0 Å². The molecule has 1 unspecified atom stereocenters. The molecule has 2 aromatic rings. The fourth-order valence-electron chi connectivity index (χ4n) is 3.58. The number of para-hydroxylation sites is 1. The molecule has 2 aliphatic rings. The van der Waals surface area contributed by atoms with E-state index in [1.807, 2.05) is 36.4 Å². The zero-order valence-electron chi connectivity index (χ0n) is 12.0. The Hall–Kier alpha value is -1.74. The maximum atomic E-state index is 12.8. The molecule has 0 N–H and O–H groups in total. The van der Waals surface area contributed by atoms with Crippen LogP contribution in [0.1, 0.15) is 42.6 Å². The predicted octanol–water partition coefficient (Wildman–Crippen LogP) is 3.77. The van der Waals surface area contributed by atoms with E-state index in [9.17, 15) is 4.79 Å². The molecule has 3 nitrogen and oxygen atoms in total. The Labute approximate surface area is 124 Å². The number of carbonyl (C=O) groups is 1. The van der Waals surface area contributed by atoms with Crippen molar-refractivity contribution in [2.75, 3.05) is 6.61 Å². The molecule has 1 aromatic carbocycles. The zero-order chi connectivity index (χ0) is 14.3. The lowest BCUT2D eigenvalue weighted by atomic mass is 9.71. The van der Waals surface area contributed by atoms with Crippen LogP contribution in [-0.4, -0.2) is 23.0 Å². The molecule has 1 aliphatic heterocycles. The monoisotopic (exact) mass is 281 g/mol. The Bertz CT molecular complexity index is 690. The Balaban J connectivity index is 1.60. The summed E-state index contributed by atoms with van der Waals surface area (Å²) in [7, 11) is 0. The van der Waals surface area contributed by atoms with Crippen molar-refractivity contribution in [1.29, 1.82) is 0 Å². The van der Waals surface area contributed by atoms with Crippen molar-refractivity contribution in [1.82, 2.24) is 4.98 Å². The molecule has 0 radical (unpaired) electrons. The lowest BCUT2D eigenvalue weighted by Gasteiger charge is -2.46. The van der Waals surface area contributed by atoms with Gasteiger partial charge in [0.1, 0.15) is 5.69 Å². The summed E-state index contributed by atoms with van der Waals surface area (Å²) in [6.07, 6.45) is 5.16. The first-order chi connectivity index (χ1) is 10.3. The number of hydrogen-bond donors (Lipinski definition) is 0. The second-order valence-electron chi connectivity index (χ2n) is 6.33. The third kappa shape index (κ3) is 2.26. The molecule has 3 heteroatoms. The van der Waals surface area contributed by atoms with Crippen LogP contribution in [-0.2, 0) is 4.74 Å². The maximum absolute atomic E-state index is 12.8. The number of rotatable bonds is 2. The Kier molecular flexibility index (Phi) is 3.03. The molecule has 4 rings (SSSR count). The summed E-state index contributed by atoms with van der Waals surface area (Å²) in [6.45, 7) is 0.712. The van der Waals surface area contributed by atoms with Gasteiger partial charge in [0.25, 0.3) is 0 Å². The number of fused-ring (bicyclic) bond motifs is 1. The van der Waals surface area contributed by atoms with Gasteiger partial charge in [-0.2, -0.15) is 0 Å². The smallest absolute Gasteiger partial charge is 0.184 e. The summed E-state index contributed by atoms with van der Waals surface area (Å²) in [5.41, 5.74) is 1.51. The number of aromatic nitrogens is 1. The van der Waals surface area contributed by atoms with Crippen LogP contribution in [0.4, 0.5) is 0 Å². The third-order valence-corrected chi connectivity index (χ3v) is 4.98. The zero-order valence-corrected chi connectivity index (χ0v) is 12.0. The normalized spacial score (nSPS) is 23.9. The summed E-state index contributed by atoms with van der Waals surface area (Å²) in [4.78, 5) is 17.3. The molecule has 0 bridgehead atoms. The summed E-state index contributed by atoms with van der Waals surface area (Å²) in [5.74, 6) is 0.267. The Morgan fingerprint density at radius 3 is 2.86 bits per heavy atom. The Morgan fingerprint density at radius 1 is 1.19 bits per heavy atom. The van der Waals surface area contributed by atoms with Gasteiger partial charge in [-0.15, -0.1) is 0 Å². The van der Waals surface area contributed by atoms with E-state index in [0.29, 0.717) is 12.3 Å². The van der Waals surface area contributed by atoms with Gasteiger partial charge >= 0.3 is 0 Å². The van der Waals surface area contributed by atoms with E-state index in [0.717, 1.165) is 36.6 Å². The number of ether oxygens (including phenoxy) is 1. The first-order valence-electron chi connectivity index (χ1n) is 7.80. The summed E-state index contributed by atoms with van der Waals surface area (Å²) < 4.78 is 5.92. The van der Waals surface area contributed by atoms with E-state index >= 15 is 0 Å². The van der Waals surface area contributed by atoms with E-state index in [1.165, 1.54) is 6.42 Å². The highest BCUT2D eigenvalue weighted by atomic mass is 16.5. The summed E-state index contributed by atoms with van der Waals surface area (Å²) in [5, 5.41) is 1.08. The second-order valence-corrected chi connectivity index (χ2v) is 6.33. The average molecular weight is 281 g/mol. The van der Waals surface area contributed by atoms with Gasteiger partial charge in [0.2, 0.25) is 0 Å². The molecule has 1 saturated carbocycles. The minimum Gasteiger partial charge on any atom is -0.375 e. The fourth-order valence-corrected chi connectivity index (χ4v) is 3.58. The first kappa shape index (κ1) is 13.0. The molecule has 1 aromatic heterocycles. The number of hydrogen-bond acceptors (Lipinski definition) is 3. The van der Waals surface area contributed by atoms with Crippen LogP contribution in [0.3, 0.4) is 0 Å². The van der Waals surface area contributed by atoms with Crippen LogP contribution in [0.15, 0.2) is 36.4 Å². The molecule has 108 valence electrons. The maximum Gasteiger partial charge on any atom is 0.184 e. The quantitative estimate of drug-likeness (QED) is 0.787. The largest absolute Gasteiger partial charge is 0.375 e. The van der Waals surface area contributed by atoms with Crippen molar-refractivity contribution in [2.45, 2.75) is 37.7 Å². The molecule has 0 amide bonds. The van der Waals surface area contributed by atoms with Crippen LogP contribution >= 0.6 is 0 Å². The van der Waals surface area contributed by atoms with Crippen molar-refractivity contribution >= 4 is 16.7 Å². The van der Waals surface area contributed by atoms with Crippen LogP contribution in [0.25, 0.3) is 10.9 Å². The number of nitrogens with zero attached hydrogens (tertiary/aromatic N) is 1. The SMILES string of the molecule is O=C(c1ccc2ccccc2n1)C1CCOC2(CCC2)C1. The summed E-state index contributed by atoms with van der Waals surface area (Å²) >= 11 is 0. The van der Waals surface area contributed by atoms with Gasteiger partial charge in [0, 0.05) is 17.9 Å². The molecular formula is C18H19NO2. The van der Waals surface area contributed by atoms with Crippen molar-refractivity contribution in [3.63, 3.8) is 0 Å². The highest BCUT2D eigenvalue weighted by molar-refractivity contribution is 5.98. The first-order valence-corrected chi connectivity index (χ1v) is 7.80. The lowest BCUT2D eigenvalue weighted by molar-refractivity contribution is -0.137. The number of Topliss-reactive ketones (excluding diaryl/α,β-unsaturated/α-hetero) is 1. The van der Waals surface area contributed by atoms with E-state index in [-0.39, 0.29) is 17.3 Å². The average Bonchev–Trinajstić information content (AvgIpc) is 2.52. The fraction of sp³-hybridized carbons (Fsp3) is 0.444. The molecule has 2 heterocycles. The van der Waals surface area contributed by atoms with Gasteiger partial charge in [-0.1, -0.05) is 24.3 Å². The number of carbonyl (C=O) groups excluding carboxylic acids is 1. The molecule has 21 heavy (non-hydrogen) atoms. The van der Waals surface area contributed by atoms with Gasteiger partial charge in [-0.3, -0.25) is 4.79 Å². The van der Waals surface area contributed by atoms with Crippen molar-refractivity contribution in [2.24, 2.45) is 5.92 Å². The Morgan fingerprint density at radius 2 is 2.05 bits per heavy atom. The molecule has 2 fully saturated rings. The predicted molar refractivity (Wildman–Crippen MR) is 81.3 cm³/mol. The molecule has 1 aliphatic carbocycles. The van der Waals surface area contributed by atoms with Crippen LogP contribution in [0.2, 0.25) is 0 Å². The molecular weight excluding hydrogens is 262 g/mol. The van der Waals surface area contributed by atoms with Crippen LogP contribution in [0.5, 0.6) is 0 Å². The second kappa shape index (κ2) is 4.92. The van der Waals surface area contributed by atoms with Crippen molar-refractivity contribution < 1.29 is 9.53 Å². The standard InChI is InChI=1S/C18H19NO2/c20-17(14-8-11-21-18(12-14)9-3-10-18)16-7-6-13-4-1-2-5-15(13)19-16/h1-2,4-7,14H,3,8-12H2. The topological polar surface area (TPSA) is 39.2 Å². The van der Waals surface area contributed by atoms with E-state index in [2.05, 4.69) is 4.98 Å².